The Kier molecular flexibility index (Phi) is 5.68. The SMILES string of the molecule is Cc1cc(Nc2cccc(Cl)c2C)nc(N(C)CCc2ccncc2)n1. The van der Waals surface area contributed by atoms with E-state index in [0.29, 0.717) is 5.95 Å². The van der Waals surface area contributed by atoms with Gasteiger partial charge < -0.3 is 10.2 Å². The summed E-state index contributed by atoms with van der Waals surface area (Å²) in [5.41, 5.74) is 4.10. The van der Waals surface area contributed by atoms with Gasteiger partial charge in [0, 0.05) is 48.5 Å². The number of anilines is 3. The standard InChI is InChI=1S/C20H22ClN5/c1-14-13-19(24-18-6-4-5-17(21)15(18)2)25-20(23-14)26(3)12-9-16-7-10-22-11-8-16/h4-8,10-11,13H,9,12H2,1-3H3,(H,23,24,25). The molecule has 134 valence electrons. The molecule has 0 spiro atoms. The van der Waals surface area contributed by atoms with Crippen molar-refractivity contribution in [1.29, 1.82) is 0 Å². The molecule has 26 heavy (non-hydrogen) atoms. The normalized spacial score (nSPS) is 10.6. The molecule has 0 aliphatic carbocycles. The molecule has 1 N–H and O–H groups in total. The van der Waals surface area contributed by atoms with E-state index in [1.165, 1.54) is 5.56 Å². The Hall–Kier alpha value is -2.66. The van der Waals surface area contributed by atoms with Crippen LogP contribution >= 0.6 is 11.6 Å². The highest BCUT2D eigenvalue weighted by Gasteiger charge is 2.09. The Labute approximate surface area is 159 Å². The van der Waals surface area contributed by atoms with Gasteiger partial charge in [0.05, 0.1) is 0 Å². The zero-order valence-corrected chi connectivity index (χ0v) is 16.0. The highest BCUT2D eigenvalue weighted by Crippen LogP contribution is 2.26. The van der Waals surface area contributed by atoms with E-state index >= 15 is 0 Å². The lowest BCUT2D eigenvalue weighted by molar-refractivity contribution is 0.833. The number of nitrogens with one attached hydrogen (secondary N) is 1. The first kappa shape index (κ1) is 18.1. The van der Waals surface area contributed by atoms with Crippen LogP contribution in [0.25, 0.3) is 0 Å². The summed E-state index contributed by atoms with van der Waals surface area (Å²) in [6, 6.07) is 11.8. The van der Waals surface area contributed by atoms with Crippen LogP contribution in [0.2, 0.25) is 5.02 Å². The second-order valence-electron chi connectivity index (χ2n) is 6.26. The lowest BCUT2D eigenvalue weighted by Gasteiger charge is -2.19. The fraction of sp³-hybridized carbons (Fsp3) is 0.250. The molecule has 1 aromatic carbocycles. The zero-order chi connectivity index (χ0) is 18.5. The molecule has 0 aliphatic rings. The Balaban J connectivity index is 1.75. The van der Waals surface area contributed by atoms with Crippen LogP contribution in [0.4, 0.5) is 17.5 Å². The van der Waals surface area contributed by atoms with Crippen molar-refractivity contribution in [3.63, 3.8) is 0 Å². The second kappa shape index (κ2) is 8.15. The molecule has 3 rings (SSSR count). The molecule has 0 unspecified atom stereocenters. The number of pyridine rings is 1. The molecular weight excluding hydrogens is 346 g/mol. The van der Waals surface area contributed by atoms with Gasteiger partial charge >= 0.3 is 0 Å². The van der Waals surface area contributed by atoms with Crippen molar-refractivity contribution in [2.75, 3.05) is 23.8 Å². The minimum atomic E-state index is 0.696. The van der Waals surface area contributed by atoms with Gasteiger partial charge in [-0.3, -0.25) is 4.98 Å². The Morgan fingerprint density at radius 1 is 1.08 bits per heavy atom. The lowest BCUT2D eigenvalue weighted by Crippen LogP contribution is -2.23. The lowest BCUT2D eigenvalue weighted by atomic mass is 10.2. The fourth-order valence-corrected chi connectivity index (χ4v) is 2.79. The molecule has 3 aromatic rings. The molecule has 0 amide bonds. The van der Waals surface area contributed by atoms with Crippen LogP contribution in [-0.2, 0) is 6.42 Å². The highest BCUT2D eigenvalue weighted by atomic mass is 35.5. The van der Waals surface area contributed by atoms with Crippen LogP contribution in [0.5, 0.6) is 0 Å². The first-order valence-electron chi connectivity index (χ1n) is 8.51. The van der Waals surface area contributed by atoms with Crippen molar-refractivity contribution in [2.24, 2.45) is 0 Å². The van der Waals surface area contributed by atoms with E-state index in [1.54, 1.807) is 0 Å². The molecule has 0 fully saturated rings. The highest BCUT2D eigenvalue weighted by molar-refractivity contribution is 6.31. The molecule has 2 heterocycles. The summed E-state index contributed by atoms with van der Waals surface area (Å²) in [6.07, 6.45) is 4.54. The van der Waals surface area contributed by atoms with Crippen molar-refractivity contribution >= 4 is 29.1 Å². The molecule has 0 atom stereocenters. The molecule has 0 radical (unpaired) electrons. The predicted molar refractivity (Wildman–Crippen MR) is 107 cm³/mol. The summed E-state index contributed by atoms with van der Waals surface area (Å²) in [6.45, 7) is 4.78. The zero-order valence-electron chi connectivity index (χ0n) is 15.2. The van der Waals surface area contributed by atoms with Gasteiger partial charge in [0.1, 0.15) is 5.82 Å². The largest absolute Gasteiger partial charge is 0.343 e. The second-order valence-corrected chi connectivity index (χ2v) is 6.67. The Morgan fingerprint density at radius 2 is 1.85 bits per heavy atom. The van der Waals surface area contributed by atoms with Crippen molar-refractivity contribution in [2.45, 2.75) is 20.3 Å². The number of aromatic nitrogens is 3. The number of likely N-dealkylation sites (N-methyl/N-ethyl adjacent to an activating group) is 1. The number of halogens is 1. The van der Waals surface area contributed by atoms with Crippen molar-refractivity contribution < 1.29 is 0 Å². The van der Waals surface area contributed by atoms with Crippen LogP contribution in [0.1, 0.15) is 16.8 Å². The van der Waals surface area contributed by atoms with Gasteiger partial charge in [-0.05, 0) is 55.7 Å². The number of rotatable bonds is 6. The first-order valence-corrected chi connectivity index (χ1v) is 8.88. The quantitative estimate of drug-likeness (QED) is 0.691. The Morgan fingerprint density at radius 3 is 2.62 bits per heavy atom. The third-order valence-electron chi connectivity index (χ3n) is 4.20. The summed E-state index contributed by atoms with van der Waals surface area (Å²) in [5, 5.41) is 4.08. The van der Waals surface area contributed by atoms with Crippen molar-refractivity contribution in [1.82, 2.24) is 15.0 Å². The number of aryl methyl sites for hydroxylation is 1. The van der Waals surface area contributed by atoms with E-state index in [4.69, 9.17) is 11.6 Å². The third-order valence-corrected chi connectivity index (χ3v) is 4.61. The minimum absolute atomic E-state index is 0.696. The van der Waals surface area contributed by atoms with Crippen molar-refractivity contribution in [3.05, 3.63) is 70.6 Å². The van der Waals surface area contributed by atoms with E-state index in [-0.39, 0.29) is 0 Å². The molecule has 0 aliphatic heterocycles. The van der Waals surface area contributed by atoms with Crippen LogP contribution in [0, 0.1) is 13.8 Å². The average Bonchev–Trinajstić information content (AvgIpc) is 2.64. The summed E-state index contributed by atoms with van der Waals surface area (Å²) in [4.78, 5) is 15.3. The maximum absolute atomic E-state index is 6.21. The molecule has 0 bridgehead atoms. The molecule has 2 aromatic heterocycles. The van der Waals surface area contributed by atoms with Gasteiger partial charge in [-0.25, -0.2) is 4.98 Å². The first-order chi connectivity index (χ1) is 12.5. The average molecular weight is 368 g/mol. The summed E-state index contributed by atoms with van der Waals surface area (Å²) < 4.78 is 0. The van der Waals surface area contributed by atoms with Gasteiger partial charge in [-0.1, -0.05) is 17.7 Å². The molecule has 5 nitrogen and oxygen atoms in total. The molecule has 0 saturated carbocycles. The van der Waals surface area contributed by atoms with E-state index in [2.05, 4.69) is 25.2 Å². The van der Waals surface area contributed by atoms with Crippen molar-refractivity contribution in [3.8, 4) is 0 Å². The van der Waals surface area contributed by atoms with Gasteiger partial charge in [-0.15, -0.1) is 0 Å². The number of hydrogen-bond acceptors (Lipinski definition) is 5. The molecular formula is C20H22ClN5. The van der Waals surface area contributed by atoms with Crippen LogP contribution in [0.3, 0.4) is 0 Å². The maximum atomic E-state index is 6.21. The smallest absolute Gasteiger partial charge is 0.227 e. The van der Waals surface area contributed by atoms with E-state index < -0.39 is 0 Å². The summed E-state index contributed by atoms with van der Waals surface area (Å²) >= 11 is 6.21. The fourth-order valence-electron chi connectivity index (χ4n) is 2.61. The van der Waals surface area contributed by atoms with Crippen LogP contribution in [0.15, 0.2) is 48.8 Å². The van der Waals surface area contributed by atoms with Crippen LogP contribution < -0.4 is 10.2 Å². The van der Waals surface area contributed by atoms with Gasteiger partial charge in [0.25, 0.3) is 0 Å². The van der Waals surface area contributed by atoms with Gasteiger partial charge in [0.2, 0.25) is 5.95 Å². The number of hydrogen-bond donors (Lipinski definition) is 1. The topological polar surface area (TPSA) is 53.9 Å². The number of nitrogens with zero attached hydrogens (tertiary/aromatic N) is 4. The number of benzene rings is 1. The molecule has 6 heteroatoms. The Bertz CT molecular complexity index is 883. The molecule has 0 saturated heterocycles. The maximum Gasteiger partial charge on any atom is 0.227 e. The van der Waals surface area contributed by atoms with E-state index in [9.17, 15) is 0 Å². The summed E-state index contributed by atoms with van der Waals surface area (Å²) in [7, 11) is 2.00. The third kappa shape index (κ3) is 4.49. The van der Waals surface area contributed by atoms with Crippen LogP contribution in [-0.4, -0.2) is 28.5 Å². The predicted octanol–water partition coefficient (Wildman–Crippen LogP) is 4.56. The summed E-state index contributed by atoms with van der Waals surface area (Å²) in [5.74, 6) is 1.45. The van der Waals surface area contributed by atoms with E-state index in [0.717, 1.165) is 40.8 Å². The van der Waals surface area contributed by atoms with E-state index in [1.807, 2.05) is 69.7 Å². The minimum Gasteiger partial charge on any atom is -0.343 e. The monoisotopic (exact) mass is 367 g/mol. The van der Waals surface area contributed by atoms with Gasteiger partial charge in [-0.2, -0.15) is 4.98 Å². The van der Waals surface area contributed by atoms with Gasteiger partial charge in [0.15, 0.2) is 0 Å².